The minimum atomic E-state index is -0.515. The smallest absolute Gasteiger partial charge is 0.130 e. The van der Waals surface area contributed by atoms with Gasteiger partial charge in [0.2, 0.25) is 0 Å². The summed E-state index contributed by atoms with van der Waals surface area (Å²) >= 11 is 0. The average molecular weight is 243 g/mol. The molecule has 17 heavy (non-hydrogen) atoms. The molecule has 0 aliphatic rings. The molecule has 2 atom stereocenters. The maximum atomic E-state index is 13.7. The Morgan fingerprint density at radius 2 is 1.88 bits per heavy atom. The first kappa shape index (κ1) is 14.1. The van der Waals surface area contributed by atoms with Crippen LogP contribution in [-0.4, -0.2) is 19.8 Å². The molecule has 2 nitrogen and oxygen atoms in total. The second-order valence-corrected chi connectivity index (χ2v) is 4.03. The van der Waals surface area contributed by atoms with Crippen LogP contribution in [0.2, 0.25) is 0 Å². The van der Waals surface area contributed by atoms with E-state index in [9.17, 15) is 8.78 Å². The Labute approximate surface area is 101 Å². The van der Waals surface area contributed by atoms with Crippen molar-refractivity contribution < 1.29 is 13.5 Å². The molecule has 0 bridgehead atoms. The molecule has 1 N–H and O–H groups in total. The van der Waals surface area contributed by atoms with Crippen molar-refractivity contribution in [2.75, 3.05) is 13.7 Å². The Hall–Kier alpha value is -1.00. The number of hydrogen-bond donors (Lipinski definition) is 1. The monoisotopic (exact) mass is 243 g/mol. The van der Waals surface area contributed by atoms with Gasteiger partial charge in [0.05, 0.1) is 6.10 Å². The summed E-state index contributed by atoms with van der Waals surface area (Å²) in [5, 5.41) is 3.09. The van der Waals surface area contributed by atoms with Crippen molar-refractivity contribution >= 4 is 0 Å². The SMILES string of the molecule is CCNC(CC(C)OC)c1c(F)cccc1F. The number of rotatable bonds is 6. The van der Waals surface area contributed by atoms with Gasteiger partial charge < -0.3 is 10.1 Å². The number of ether oxygens (including phenoxy) is 1. The minimum absolute atomic E-state index is 0.0574. The molecular formula is C13H19F2NO. The minimum Gasteiger partial charge on any atom is -0.382 e. The molecule has 4 heteroatoms. The molecule has 0 saturated carbocycles. The highest BCUT2D eigenvalue weighted by molar-refractivity contribution is 5.23. The van der Waals surface area contributed by atoms with E-state index in [4.69, 9.17) is 4.74 Å². The van der Waals surface area contributed by atoms with Crippen LogP contribution in [0.15, 0.2) is 18.2 Å². The van der Waals surface area contributed by atoms with E-state index in [1.165, 1.54) is 18.2 Å². The van der Waals surface area contributed by atoms with Crippen LogP contribution in [0.4, 0.5) is 8.78 Å². The predicted octanol–water partition coefficient (Wildman–Crippen LogP) is 3.04. The van der Waals surface area contributed by atoms with Crippen molar-refractivity contribution in [1.29, 1.82) is 0 Å². The summed E-state index contributed by atoms with van der Waals surface area (Å²) in [6.07, 6.45) is 0.473. The number of benzene rings is 1. The standard InChI is InChI=1S/C13H19F2NO/c1-4-16-12(8-9(2)17-3)13-10(14)6-5-7-11(13)15/h5-7,9,12,16H,4,8H2,1-3H3. The molecule has 1 rings (SSSR count). The highest BCUT2D eigenvalue weighted by Gasteiger charge is 2.21. The Morgan fingerprint density at radius 3 is 2.35 bits per heavy atom. The van der Waals surface area contributed by atoms with E-state index in [1.54, 1.807) is 7.11 Å². The summed E-state index contributed by atoms with van der Waals surface area (Å²) in [5.41, 5.74) is 0.0956. The third-order valence-corrected chi connectivity index (χ3v) is 2.77. The quantitative estimate of drug-likeness (QED) is 0.829. The number of nitrogens with one attached hydrogen (secondary N) is 1. The molecule has 0 aromatic heterocycles. The van der Waals surface area contributed by atoms with Crippen LogP contribution >= 0.6 is 0 Å². The fraction of sp³-hybridized carbons (Fsp3) is 0.538. The third-order valence-electron chi connectivity index (χ3n) is 2.77. The lowest BCUT2D eigenvalue weighted by atomic mass is 10.00. The Bertz CT molecular complexity index is 337. The topological polar surface area (TPSA) is 21.3 Å². The van der Waals surface area contributed by atoms with Gasteiger partial charge in [-0.15, -0.1) is 0 Å². The Morgan fingerprint density at radius 1 is 1.29 bits per heavy atom. The summed E-state index contributed by atoms with van der Waals surface area (Å²) in [4.78, 5) is 0. The van der Waals surface area contributed by atoms with Crippen molar-refractivity contribution in [3.63, 3.8) is 0 Å². The van der Waals surface area contributed by atoms with E-state index in [1.807, 2.05) is 13.8 Å². The van der Waals surface area contributed by atoms with Crippen LogP contribution in [0.5, 0.6) is 0 Å². The van der Waals surface area contributed by atoms with Crippen LogP contribution in [0, 0.1) is 11.6 Å². The van der Waals surface area contributed by atoms with Crippen molar-refractivity contribution in [3.05, 3.63) is 35.4 Å². The molecule has 0 heterocycles. The first-order valence-corrected chi connectivity index (χ1v) is 5.80. The number of hydrogen-bond acceptors (Lipinski definition) is 2. The van der Waals surface area contributed by atoms with Crippen LogP contribution in [0.3, 0.4) is 0 Å². The number of methoxy groups -OCH3 is 1. The summed E-state index contributed by atoms with van der Waals surface area (Å²) in [5.74, 6) is -1.03. The van der Waals surface area contributed by atoms with E-state index in [-0.39, 0.29) is 17.7 Å². The first-order valence-electron chi connectivity index (χ1n) is 5.80. The molecule has 1 aromatic rings. The second kappa shape index (κ2) is 6.67. The number of halogens is 2. The highest BCUT2D eigenvalue weighted by Crippen LogP contribution is 2.25. The van der Waals surface area contributed by atoms with Crippen LogP contribution in [-0.2, 0) is 4.74 Å². The summed E-state index contributed by atoms with van der Waals surface area (Å²) in [6.45, 7) is 4.43. The van der Waals surface area contributed by atoms with Crippen molar-refractivity contribution in [2.45, 2.75) is 32.4 Å². The van der Waals surface area contributed by atoms with Gasteiger partial charge in [-0.05, 0) is 32.0 Å². The van der Waals surface area contributed by atoms with Gasteiger partial charge in [0.1, 0.15) is 11.6 Å². The lowest BCUT2D eigenvalue weighted by Crippen LogP contribution is -2.26. The fourth-order valence-electron chi connectivity index (χ4n) is 1.82. The second-order valence-electron chi connectivity index (χ2n) is 4.03. The molecule has 0 amide bonds. The molecule has 96 valence electrons. The first-order chi connectivity index (χ1) is 8.10. The maximum Gasteiger partial charge on any atom is 0.130 e. The maximum absolute atomic E-state index is 13.7. The van der Waals surface area contributed by atoms with Crippen molar-refractivity contribution in [3.8, 4) is 0 Å². The van der Waals surface area contributed by atoms with Crippen LogP contribution < -0.4 is 5.32 Å². The van der Waals surface area contributed by atoms with Gasteiger partial charge in [-0.2, -0.15) is 0 Å². The lowest BCUT2D eigenvalue weighted by Gasteiger charge is -2.22. The molecule has 0 radical (unpaired) electrons. The molecular weight excluding hydrogens is 224 g/mol. The third kappa shape index (κ3) is 3.75. The normalized spacial score (nSPS) is 14.6. The van der Waals surface area contributed by atoms with E-state index in [0.717, 1.165) is 0 Å². The summed E-state index contributed by atoms with van der Waals surface area (Å²) in [6, 6.07) is 3.56. The zero-order valence-electron chi connectivity index (χ0n) is 10.5. The highest BCUT2D eigenvalue weighted by atomic mass is 19.1. The van der Waals surface area contributed by atoms with E-state index >= 15 is 0 Å². The fourth-order valence-corrected chi connectivity index (χ4v) is 1.82. The zero-order chi connectivity index (χ0) is 12.8. The van der Waals surface area contributed by atoms with Crippen LogP contribution in [0.1, 0.15) is 31.9 Å². The Balaban J connectivity index is 2.96. The van der Waals surface area contributed by atoms with E-state index in [2.05, 4.69) is 5.32 Å². The van der Waals surface area contributed by atoms with Gasteiger partial charge in [0.25, 0.3) is 0 Å². The van der Waals surface area contributed by atoms with E-state index < -0.39 is 11.6 Å². The van der Waals surface area contributed by atoms with Crippen LogP contribution in [0.25, 0.3) is 0 Å². The molecule has 0 aliphatic carbocycles. The van der Waals surface area contributed by atoms with Gasteiger partial charge in [-0.25, -0.2) is 8.78 Å². The van der Waals surface area contributed by atoms with Gasteiger partial charge in [0, 0.05) is 18.7 Å². The van der Waals surface area contributed by atoms with Crippen molar-refractivity contribution in [1.82, 2.24) is 5.32 Å². The van der Waals surface area contributed by atoms with Gasteiger partial charge >= 0.3 is 0 Å². The molecule has 0 aliphatic heterocycles. The zero-order valence-corrected chi connectivity index (χ0v) is 10.5. The largest absolute Gasteiger partial charge is 0.382 e. The molecule has 2 unspecified atom stereocenters. The Kier molecular flexibility index (Phi) is 5.51. The molecule has 0 saturated heterocycles. The van der Waals surface area contributed by atoms with E-state index in [0.29, 0.717) is 13.0 Å². The summed E-state index contributed by atoms with van der Waals surface area (Å²) < 4.78 is 32.5. The van der Waals surface area contributed by atoms with Gasteiger partial charge in [-0.3, -0.25) is 0 Å². The van der Waals surface area contributed by atoms with Gasteiger partial charge in [-0.1, -0.05) is 13.0 Å². The average Bonchev–Trinajstić information content (AvgIpc) is 2.28. The van der Waals surface area contributed by atoms with Gasteiger partial charge in [0.15, 0.2) is 0 Å². The molecule has 0 spiro atoms. The predicted molar refractivity (Wildman–Crippen MR) is 63.9 cm³/mol. The molecule has 1 aromatic carbocycles. The lowest BCUT2D eigenvalue weighted by molar-refractivity contribution is 0.0997. The van der Waals surface area contributed by atoms with Crippen molar-refractivity contribution in [2.24, 2.45) is 0 Å². The molecule has 0 fully saturated rings. The summed E-state index contributed by atoms with van der Waals surface area (Å²) in [7, 11) is 1.59.